The number of aliphatic imine (C=N–C) groups is 1. The first-order chi connectivity index (χ1) is 17.4. The van der Waals surface area contributed by atoms with Crippen LogP contribution in [0.3, 0.4) is 0 Å². The number of nitrogens with two attached hydrogens (primary N) is 2. The minimum Gasteiger partial charge on any atom is -0.370 e. The smallest absolute Gasteiger partial charge is 0.344 e. The van der Waals surface area contributed by atoms with Crippen LogP contribution in [0.5, 0.6) is 0 Å². The molecule has 0 aliphatic carbocycles. The summed E-state index contributed by atoms with van der Waals surface area (Å²) in [5.41, 5.74) is 14.1. The Kier molecular flexibility index (Phi) is 8.02. The Morgan fingerprint density at radius 2 is 1.86 bits per heavy atom. The van der Waals surface area contributed by atoms with Gasteiger partial charge in [0.05, 0.1) is 5.69 Å². The molecule has 3 aromatic rings. The normalized spacial score (nSPS) is 13.8. The highest BCUT2D eigenvalue weighted by molar-refractivity contribution is 7.13. The number of benzene rings is 1. The second-order valence-electron chi connectivity index (χ2n) is 8.26. The van der Waals surface area contributed by atoms with Crippen LogP contribution in [0.2, 0.25) is 0 Å². The van der Waals surface area contributed by atoms with Crippen molar-refractivity contribution in [2.75, 3.05) is 36.4 Å². The number of nitrogens with one attached hydrogen (secondary N) is 2. The molecule has 0 unspecified atom stereocenters. The number of thiazole rings is 1. The van der Waals surface area contributed by atoms with Crippen molar-refractivity contribution < 1.29 is 9.59 Å². The number of amides is 3. The van der Waals surface area contributed by atoms with Gasteiger partial charge in [0.15, 0.2) is 11.1 Å². The zero-order valence-corrected chi connectivity index (χ0v) is 20.7. The molecule has 3 heterocycles. The number of urea groups is 1. The van der Waals surface area contributed by atoms with Gasteiger partial charge < -0.3 is 27.0 Å². The highest BCUT2D eigenvalue weighted by Gasteiger charge is 2.20. The Morgan fingerprint density at radius 1 is 1.11 bits per heavy atom. The van der Waals surface area contributed by atoms with Crippen LogP contribution in [-0.2, 0) is 17.9 Å². The summed E-state index contributed by atoms with van der Waals surface area (Å²) in [5, 5.41) is 7.97. The number of guanidine groups is 1. The van der Waals surface area contributed by atoms with E-state index in [1.165, 1.54) is 18.3 Å². The molecule has 1 aliphatic heterocycles. The lowest BCUT2D eigenvalue weighted by Gasteiger charge is -2.34. The molecular formula is C23H28N10O2S. The van der Waals surface area contributed by atoms with Crippen LogP contribution in [0.4, 0.5) is 15.9 Å². The van der Waals surface area contributed by atoms with Gasteiger partial charge in [-0.1, -0.05) is 18.2 Å². The van der Waals surface area contributed by atoms with Crippen molar-refractivity contribution in [3.8, 4) is 11.1 Å². The molecule has 36 heavy (non-hydrogen) atoms. The van der Waals surface area contributed by atoms with E-state index in [1.807, 2.05) is 42.0 Å². The monoisotopic (exact) mass is 508 g/mol. The van der Waals surface area contributed by atoms with Crippen LogP contribution in [-0.4, -0.2) is 63.9 Å². The maximum Gasteiger partial charge on any atom is 0.344 e. The number of anilines is 2. The van der Waals surface area contributed by atoms with E-state index >= 15 is 0 Å². The van der Waals surface area contributed by atoms with Crippen LogP contribution in [0.15, 0.2) is 47.0 Å². The Hall–Kier alpha value is -4.10. The molecule has 1 saturated heterocycles. The van der Waals surface area contributed by atoms with E-state index in [0.717, 1.165) is 55.1 Å². The average Bonchev–Trinajstić information content (AvgIpc) is 3.29. The van der Waals surface area contributed by atoms with Gasteiger partial charge in [0.1, 0.15) is 0 Å². The second-order valence-corrected chi connectivity index (χ2v) is 9.11. The van der Waals surface area contributed by atoms with E-state index in [1.54, 1.807) is 0 Å². The van der Waals surface area contributed by atoms with Crippen molar-refractivity contribution >= 4 is 40.3 Å². The van der Waals surface area contributed by atoms with Crippen LogP contribution < -0.4 is 27.0 Å². The van der Waals surface area contributed by atoms with Crippen LogP contribution in [0.1, 0.15) is 18.2 Å². The third-order valence-electron chi connectivity index (χ3n) is 5.45. The van der Waals surface area contributed by atoms with Gasteiger partial charge in [0.2, 0.25) is 11.9 Å². The number of aromatic nitrogens is 3. The predicted molar refractivity (Wildman–Crippen MR) is 139 cm³/mol. The molecule has 4 rings (SSSR count). The summed E-state index contributed by atoms with van der Waals surface area (Å²) in [6, 6.07) is 7.15. The van der Waals surface area contributed by atoms with Gasteiger partial charge in [-0.2, -0.15) is 4.99 Å². The third kappa shape index (κ3) is 6.96. The molecule has 3 amide bonds. The van der Waals surface area contributed by atoms with E-state index < -0.39 is 6.03 Å². The topological polar surface area (TPSA) is 168 Å². The van der Waals surface area contributed by atoms with Crippen molar-refractivity contribution in [3.63, 3.8) is 0 Å². The van der Waals surface area contributed by atoms with Crippen molar-refractivity contribution in [2.45, 2.75) is 20.0 Å². The molecular weight excluding hydrogens is 480 g/mol. The number of hydrogen-bond acceptors (Lipinski definition) is 8. The summed E-state index contributed by atoms with van der Waals surface area (Å²) < 4.78 is 0. The molecule has 188 valence electrons. The third-order valence-corrected chi connectivity index (χ3v) is 6.25. The lowest BCUT2D eigenvalue weighted by molar-refractivity contribution is -0.114. The summed E-state index contributed by atoms with van der Waals surface area (Å²) in [7, 11) is 0. The van der Waals surface area contributed by atoms with Gasteiger partial charge in [0.25, 0.3) is 0 Å². The fraction of sp³-hybridized carbons (Fsp3) is 0.304. The molecule has 1 aromatic carbocycles. The summed E-state index contributed by atoms with van der Waals surface area (Å²) >= 11 is 1.44. The predicted octanol–water partition coefficient (Wildman–Crippen LogP) is 1.36. The van der Waals surface area contributed by atoms with Crippen LogP contribution >= 0.6 is 11.3 Å². The van der Waals surface area contributed by atoms with Crippen molar-refractivity contribution in [1.29, 1.82) is 0 Å². The second kappa shape index (κ2) is 11.6. The van der Waals surface area contributed by atoms with E-state index in [4.69, 9.17) is 11.5 Å². The quantitative estimate of drug-likeness (QED) is 0.272. The fourth-order valence-corrected chi connectivity index (χ4v) is 4.50. The fourth-order valence-electron chi connectivity index (χ4n) is 3.75. The molecule has 1 aliphatic rings. The Labute approximate surface area is 212 Å². The summed E-state index contributed by atoms with van der Waals surface area (Å²) in [4.78, 5) is 44.4. The SMILES string of the molecule is CC(=O)Nc1nc(CN2CCN(c3ncc(-c4cccc(CNC(=O)N=C(N)N)c4)cn3)CC2)cs1. The minimum atomic E-state index is -0.588. The van der Waals surface area contributed by atoms with E-state index in [0.29, 0.717) is 17.6 Å². The largest absolute Gasteiger partial charge is 0.370 e. The standard InChI is InChI=1S/C23H28N10O2S/c1-15(34)29-23-30-19(14-36-23)13-32-5-7-33(8-6-32)21-26-11-18(12-27-21)17-4-2-3-16(9-17)10-28-22(35)31-20(24)25/h2-4,9,11-12,14H,5-8,10,13H2,1H3,(H,29,30,34)(H5,24,25,28,31,35). The van der Waals surface area contributed by atoms with Gasteiger partial charge in [-0.3, -0.25) is 9.69 Å². The first-order valence-corrected chi connectivity index (χ1v) is 12.2. The molecule has 6 N–H and O–H groups in total. The van der Waals surface area contributed by atoms with E-state index in [2.05, 4.69) is 40.4 Å². The lowest BCUT2D eigenvalue weighted by atomic mass is 10.1. The van der Waals surface area contributed by atoms with Crippen molar-refractivity contribution in [2.24, 2.45) is 16.5 Å². The number of rotatable bonds is 7. The Morgan fingerprint density at radius 3 is 2.56 bits per heavy atom. The summed E-state index contributed by atoms with van der Waals surface area (Å²) in [6.07, 6.45) is 3.62. The minimum absolute atomic E-state index is 0.115. The first kappa shape index (κ1) is 25.0. The molecule has 0 spiro atoms. The van der Waals surface area contributed by atoms with Crippen molar-refractivity contribution in [3.05, 3.63) is 53.3 Å². The lowest BCUT2D eigenvalue weighted by Crippen LogP contribution is -2.46. The summed E-state index contributed by atoms with van der Waals surface area (Å²) in [6.45, 7) is 5.87. The molecule has 0 atom stereocenters. The van der Waals surface area contributed by atoms with Crippen LogP contribution in [0, 0.1) is 0 Å². The Bertz CT molecular complexity index is 1230. The average molecular weight is 509 g/mol. The van der Waals surface area contributed by atoms with Gasteiger partial charge in [0, 0.05) is 69.5 Å². The molecule has 2 aromatic heterocycles. The number of nitrogens with zero attached hydrogens (tertiary/aromatic N) is 6. The van der Waals surface area contributed by atoms with E-state index in [-0.39, 0.29) is 11.9 Å². The zero-order valence-electron chi connectivity index (χ0n) is 19.8. The molecule has 12 nitrogen and oxygen atoms in total. The maximum absolute atomic E-state index is 11.6. The van der Waals surface area contributed by atoms with Gasteiger partial charge in [-0.25, -0.2) is 19.7 Å². The molecule has 13 heteroatoms. The van der Waals surface area contributed by atoms with E-state index in [9.17, 15) is 9.59 Å². The number of piperazine rings is 1. The number of carbonyl (C=O) groups is 2. The van der Waals surface area contributed by atoms with Crippen molar-refractivity contribution in [1.82, 2.24) is 25.2 Å². The number of carbonyl (C=O) groups excluding carboxylic acids is 2. The molecule has 1 fully saturated rings. The molecule has 0 bridgehead atoms. The number of hydrogen-bond donors (Lipinski definition) is 4. The maximum atomic E-state index is 11.6. The highest BCUT2D eigenvalue weighted by Crippen LogP contribution is 2.22. The molecule has 0 saturated carbocycles. The van der Waals surface area contributed by atoms with Gasteiger partial charge in [-0.15, -0.1) is 11.3 Å². The summed E-state index contributed by atoms with van der Waals surface area (Å²) in [5.74, 6) is 0.300. The van der Waals surface area contributed by atoms with Gasteiger partial charge in [-0.05, 0) is 17.2 Å². The van der Waals surface area contributed by atoms with Gasteiger partial charge >= 0.3 is 6.03 Å². The molecule has 0 radical (unpaired) electrons. The first-order valence-electron chi connectivity index (χ1n) is 11.3. The van der Waals surface area contributed by atoms with Crippen LogP contribution in [0.25, 0.3) is 11.1 Å². The Balaban J connectivity index is 1.30. The zero-order chi connectivity index (χ0) is 25.5. The highest BCUT2D eigenvalue weighted by atomic mass is 32.1.